The predicted octanol–water partition coefficient (Wildman–Crippen LogP) is 8.05. The first-order valence-corrected chi connectivity index (χ1v) is 19.4. The molecule has 2 aliphatic heterocycles. The number of methoxy groups -OCH3 is 1. The minimum absolute atomic E-state index is 0.101. The molecule has 0 N–H and O–H groups in total. The van der Waals surface area contributed by atoms with Crippen molar-refractivity contribution < 1.29 is 42.6 Å². The summed E-state index contributed by atoms with van der Waals surface area (Å²) in [6, 6.07) is 50.3. The highest BCUT2D eigenvalue weighted by molar-refractivity contribution is 5.17. The van der Waals surface area contributed by atoms with E-state index in [4.69, 9.17) is 42.6 Å². The molecule has 0 radical (unpaired) electrons. The molecule has 0 aromatic heterocycles. The Hall–Kier alpha value is -4.26. The van der Waals surface area contributed by atoms with Crippen LogP contribution >= 0.6 is 0 Å². The Bertz CT molecular complexity index is 1820. The van der Waals surface area contributed by atoms with Crippen molar-refractivity contribution in [2.45, 2.75) is 95.3 Å². The Morgan fingerprint density at radius 2 is 0.714 bits per heavy atom. The van der Waals surface area contributed by atoms with Gasteiger partial charge in [-0.1, -0.05) is 152 Å². The van der Waals surface area contributed by atoms with Crippen LogP contribution in [0.1, 0.15) is 34.7 Å². The standard InChI is InChI=1S/C47H52O9/c1-34-41(49-28-35-18-8-3-9-19-35)44(52-31-38-24-14-6-15-25-38)47(55-34)54-33-40-42(50-29-36-20-10-4-11-21-36)43(51-30-37-22-12-5-13-23-37)45(46(48-2)56-40)53-32-39-26-16-7-17-27-39/h3-27,34,40-47H,28-33H2,1-2H3/t34-,40-,41-,42-,43+,44-,45-,46+,47+/m1/s1. The minimum atomic E-state index is -0.778. The van der Waals surface area contributed by atoms with E-state index in [1.807, 2.05) is 159 Å². The van der Waals surface area contributed by atoms with Gasteiger partial charge in [0, 0.05) is 7.11 Å². The van der Waals surface area contributed by atoms with Crippen molar-refractivity contribution in [3.05, 3.63) is 179 Å². The minimum Gasteiger partial charge on any atom is -0.368 e. The van der Waals surface area contributed by atoms with Crippen molar-refractivity contribution in [3.8, 4) is 0 Å². The van der Waals surface area contributed by atoms with E-state index >= 15 is 0 Å². The molecule has 2 heterocycles. The Morgan fingerprint density at radius 3 is 1.11 bits per heavy atom. The van der Waals surface area contributed by atoms with Gasteiger partial charge in [-0.25, -0.2) is 0 Å². The lowest BCUT2D eigenvalue weighted by molar-refractivity contribution is -0.328. The number of ether oxygens (including phenoxy) is 9. The monoisotopic (exact) mass is 760 g/mol. The van der Waals surface area contributed by atoms with Crippen LogP contribution in [0.25, 0.3) is 0 Å². The molecule has 0 aliphatic carbocycles. The fourth-order valence-corrected chi connectivity index (χ4v) is 7.12. The van der Waals surface area contributed by atoms with Crippen molar-refractivity contribution in [2.24, 2.45) is 0 Å². The maximum atomic E-state index is 6.78. The van der Waals surface area contributed by atoms with E-state index in [1.165, 1.54) is 0 Å². The zero-order valence-corrected chi connectivity index (χ0v) is 32.0. The third kappa shape index (κ3) is 11.0. The van der Waals surface area contributed by atoms with Crippen LogP contribution in [0.2, 0.25) is 0 Å². The molecule has 9 atom stereocenters. The molecule has 9 heteroatoms. The van der Waals surface area contributed by atoms with Crippen LogP contribution in [0.5, 0.6) is 0 Å². The molecule has 2 fully saturated rings. The van der Waals surface area contributed by atoms with Gasteiger partial charge in [0.25, 0.3) is 0 Å². The molecule has 0 unspecified atom stereocenters. The molecule has 0 saturated carbocycles. The van der Waals surface area contributed by atoms with Gasteiger partial charge < -0.3 is 42.6 Å². The molecule has 5 aromatic carbocycles. The molecule has 2 saturated heterocycles. The highest BCUT2D eigenvalue weighted by Gasteiger charge is 2.50. The second kappa shape index (κ2) is 20.8. The second-order valence-electron chi connectivity index (χ2n) is 14.1. The largest absolute Gasteiger partial charge is 0.368 e. The van der Waals surface area contributed by atoms with Crippen molar-refractivity contribution in [1.82, 2.24) is 0 Å². The van der Waals surface area contributed by atoms with Gasteiger partial charge in [-0.3, -0.25) is 0 Å². The van der Waals surface area contributed by atoms with Crippen molar-refractivity contribution in [3.63, 3.8) is 0 Å². The van der Waals surface area contributed by atoms with Crippen LogP contribution in [-0.4, -0.2) is 69.0 Å². The Morgan fingerprint density at radius 1 is 0.375 bits per heavy atom. The SMILES string of the molecule is CO[C@H]1O[C@H](CO[C@H]2O[C@H](C)[C@@H](OCc3ccccc3)[C@H]2OCc2ccccc2)[C@@H](OCc2ccccc2)[C@H](OCc2ccccc2)[C@H]1OCc1ccccc1. The highest BCUT2D eigenvalue weighted by atomic mass is 16.7. The maximum absolute atomic E-state index is 6.78. The summed E-state index contributed by atoms with van der Waals surface area (Å²) in [5.74, 6) is 0. The fraction of sp³-hybridized carbons (Fsp3) is 0.362. The van der Waals surface area contributed by atoms with E-state index in [0.717, 1.165) is 27.8 Å². The van der Waals surface area contributed by atoms with Crippen LogP contribution in [0.15, 0.2) is 152 Å². The van der Waals surface area contributed by atoms with Gasteiger partial charge in [-0.05, 0) is 34.7 Å². The number of hydrogen-bond donors (Lipinski definition) is 0. The first-order valence-electron chi connectivity index (χ1n) is 19.4. The topological polar surface area (TPSA) is 83.1 Å². The lowest BCUT2D eigenvalue weighted by Crippen LogP contribution is -2.61. The van der Waals surface area contributed by atoms with Crippen LogP contribution < -0.4 is 0 Å². The molecule has 0 amide bonds. The normalized spacial score (nSPS) is 26.3. The summed E-state index contributed by atoms with van der Waals surface area (Å²) in [7, 11) is 1.62. The van der Waals surface area contributed by atoms with E-state index in [1.54, 1.807) is 7.11 Å². The van der Waals surface area contributed by atoms with Crippen LogP contribution in [0.4, 0.5) is 0 Å². The van der Waals surface area contributed by atoms with Gasteiger partial charge in [0.15, 0.2) is 12.6 Å². The quantitative estimate of drug-likeness (QED) is 0.0831. The molecule has 56 heavy (non-hydrogen) atoms. The molecule has 7 rings (SSSR count). The summed E-state index contributed by atoms with van der Waals surface area (Å²) in [4.78, 5) is 0. The van der Waals surface area contributed by atoms with E-state index in [9.17, 15) is 0 Å². The molecule has 9 nitrogen and oxygen atoms in total. The third-order valence-corrected chi connectivity index (χ3v) is 10.1. The van der Waals surface area contributed by atoms with Gasteiger partial charge in [-0.2, -0.15) is 0 Å². The van der Waals surface area contributed by atoms with Crippen molar-refractivity contribution in [1.29, 1.82) is 0 Å². The first kappa shape index (κ1) is 40.0. The van der Waals surface area contributed by atoms with Gasteiger partial charge in [0.2, 0.25) is 0 Å². The number of benzene rings is 5. The second-order valence-corrected chi connectivity index (χ2v) is 14.1. The molecular weight excluding hydrogens is 709 g/mol. The van der Waals surface area contributed by atoms with Crippen LogP contribution in [0.3, 0.4) is 0 Å². The Labute approximate surface area is 330 Å². The molecule has 294 valence electrons. The molecule has 5 aromatic rings. The summed E-state index contributed by atoms with van der Waals surface area (Å²) >= 11 is 0. The summed E-state index contributed by atoms with van der Waals surface area (Å²) in [6.07, 6.45) is -5.18. The van der Waals surface area contributed by atoms with Gasteiger partial charge in [0.1, 0.15) is 36.6 Å². The predicted molar refractivity (Wildman–Crippen MR) is 211 cm³/mol. The third-order valence-electron chi connectivity index (χ3n) is 10.1. The van der Waals surface area contributed by atoms with E-state index in [-0.39, 0.29) is 18.8 Å². The molecule has 2 aliphatic rings. The molecular formula is C47H52O9. The van der Waals surface area contributed by atoms with E-state index < -0.39 is 43.1 Å². The average Bonchev–Trinajstić information content (AvgIpc) is 3.56. The maximum Gasteiger partial charge on any atom is 0.186 e. The Balaban J connectivity index is 1.13. The fourth-order valence-electron chi connectivity index (χ4n) is 7.12. The highest BCUT2D eigenvalue weighted by Crippen LogP contribution is 2.34. The summed E-state index contributed by atoms with van der Waals surface area (Å²) in [5, 5.41) is 0. The van der Waals surface area contributed by atoms with Crippen molar-refractivity contribution in [2.75, 3.05) is 13.7 Å². The number of rotatable bonds is 19. The lowest BCUT2D eigenvalue weighted by atomic mass is 9.97. The summed E-state index contributed by atoms with van der Waals surface area (Å²) in [5.41, 5.74) is 5.18. The zero-order chi connectivity index (χ0) is 38.4. The van der Waals surface area contributed by atoms with Crippen molar-refractivity contribution >= 4 is 0 Å². The van der Waals surface area contributed by atoms with Gasteiger partial charge >= 0.3 is 0 Å². The molecule has 0 spiro atoms. The Kier molecular flexibility index (Phi) is 14.8. The van der Waals surface area contributed by atoms with Gasteiger partial charge in [-0.15, -0.1) is 0 Å². The molecule has 0 bridgehead atoms. The number of hydrogen-bond acceptors (Lipinski definition) is 9. The van der Waals surface area contributed by atoms with Gasteiger partial charge in [0.05, 0.1) is 45.7 Å². The zero-order valence-electron chi connectivity index (χ0n) is 32.0. The smallest absolute Gasteiger partial charge is 0.186 e. The first-order chi connectivity index (χ1) is 27.6. The summed E-state index contributed by atoms with van der Waals surface area (Å²) in [6.45, 7) is 3.88. The van der Waals surface area contributed by atoms with E-state index in [0.29, 0.717) is 33.0 Å². The lowest BCUT2D eigenvalue weighted by Gasteiger charge is -2.45. The van der Waals surface area contributed by atoms with E-state index in [2.05, 4.69) is 0 Å². The summed E-state index contributed by atoms with van der Waals surface area (Å²) < 4.78 is 59.0. The van der Waals surface area contributed by atoms with Crippen LogP contribution in [0, 0.1) is 0 Å². The average molecular weight is 761 g/mol. The van der Waals surface area contributed by atoms with Crippen LogP contribution in [-0.2, 0) is 75.7 Å².